The predicted octanol–water partition coefficient (Wildman–Crippen LogP) is 0.555. The third-order valence-electron chi connectivity index (χ3n) is 0.232. The Labute approximate surface area is 46.3 Å². The van der Waals surface area contributed by atoms with Crippen LogP contribution in [0.15, 0.2) is 0 Å². The van der Waals surface area contributed by atoms with Crippen LogP contribution in [0.1, 0.15) is 0 Å². The van der Waals surface area contributed by atoms with Crippen molar-refractivity contribution >= 4 is 41.0 Å². The van der Waals surface area contributed by atoms with Crippen LogP contribution in [0.25, 0.3) is 0 Å². The van der Waals surface area contributed by atoms with E-state index in [4.69, 9.17) is 0 Å². The average molecular weight is 118 g/mol. The molecule has 0 aliphatic carbocycles. The molecule has 6 heavy (non-hydrogen) atoms. The number of rotatable bonds is 2. The molecule has 0 bridgehead atoms. The highest BCUT2D eigenvalue weighted by molar-refractivity contribution is 7.83. The summed E-state index contributed by atoms with van der Waals surface area (Å²) in [7, 11) is 0. The number of hydrogen-bond acceptors (Lipinski definition) is 3. The zero-order chi connectivity index (χ0) is 4.99. The van der Waals surface area contributed by atoms with E-state index in [1.165, 1.54) is 0 Å². The minimum absolute atomic E-state index is 0.278. The lowest BCUT2D eigenvalue weighted by atomic mass is 10.5. The molecule has 0 radical (unpaired) electrons. The molecule has 0 spiro atoms. The Morgan fingerprint density at radius 3 is 1.67 bits per heavy atom. The van der Waals surface area contributed by atoms with E-state index in [1.807, 2.05) is 0 Å². The van der Waals surface area contributed by atoms with Gasteiger partial charge in [-0.3, -0.25) is 4.79 Å². The molecule has 0 N–H and O–H groups in total. The van der Waals surface area contributed by atoms with Crippen molar-refractivity contribution in [2.24, 2.45) is 0 Å². The highest BCUT2D eigenvalue weighted by atomic mass is 32.1. The zero-order valence-corrected chi connectivity index (χ0v) is 4.51. The van der Waals surface area contributed by atoms with Gasteiger partial charge in [0.2, 0.25) is 0 Å². The molecule has 1 nitrogen and oxygen atoms in total. The second-order valence-electron chi connectivity index (χ2n) is 0.638. The molecule has 0 saturated carbocycles. The Morgan fingerprint density at radius 2 is 1.67 bits per heavy atom. The molecule has 0 aliphatic heterocycles. The molecule has 0 saturated heterocycles. The number of Topliss-reactive ketones (excluding diaryl/α,β-unsaturated/α-hetero) is 1. The first-order chi connectivity index (χ1) is 2.81. The minimum atomic E-state index is -0.278. The highest BCUT2D eigenvalue weighted by Crippen LogP contribution is 1.56. The standard InChI is InChI=1S/C3H2OS2/c4-3(1-5)2-6/h1-2H. The quantitative estimate of drug-likeness (QED) is 0.493. The van der Waals surface area contributed by atoms with Crippen molar-refractivity contribution in [2.75, 3.05) is 0 Å². The molecule has 0 heterocycles. The van der Waals surface area contributed by atoms with Crippen molar-refractivity contribution in [3.63, 3.8) is 0 Å². The van der Waals surface area contributed by atoms with Crippen molar-refractivity contribution < 1.29 is 4.79 Å². The Bertz CT molecular complexity index is 76.8. The minimum Gasteiger partial charge on any atom is -0.288 e. The number of hydrogen-bond donors (Lipinski definition) is 0. The van der Waals surface area contributed by atoms with Crippen molar-refractivity contribution in [3.8, 4) is 0 Å². The number of ketones is 1. The normalized spacial score (nSPS) is 6.67. The van der Waals surface area contributed by atoms with Crippen molar-refractivity contribution in [3.05, 3.63) is 0 Å². The Morgan fingerprint density at radius 1 is 1.33 bits per heavy atom. The van der Waals surface area contributed by atoms with E-state index in [0.717, 1.165) is 10.7 Å². The molecule has 0 aromatic carbocycles. The van der Waals surface area contributed by atoms with Crippen molar-refractivity contribution in [1.29, 1.82) is 0 Å². The van der Waals surface area contributed by atoms with Crippen LogP contribution in [0, 0.1) is 0 Å². The van der Waals surface area contributed by atoms with Crippen molar-refractivity contribution in [1.82, 2.24) is 0 Å². The second-order valence-corrected chi connectivity index (χ2v) is 1.11. The first-order valence-corrected chi connectivity index (χ1v) is 2.20. The first-order valence-electron chi connectivity index (χ1n) is 1.25. The van der Waals surface area contributed by atoms with Crippen LogP contribution < -0.4 is 0 Å². The maximum atomic E-state index is 9.86. The molecule has 3 heteroatoms. The van der Waals surface area contributed by atoms with Gasteiger partial charge in [-0.15, -0.1) is 0 Å². The summed E-state index contributed by atoms with van der Waals surface area (Å²) in [5, 5.41) is 2.01. The van der Waals surface area contributed by atoms with Gasteiger partial charge in [0.15, 0.2) is 5.78 Å². The topological polar surface area (TPSA) is 17.1 Å². The summed E-state index contributed by atoms with van der Waals surface area (Å²) in [5.41, 5.74) is 0. The third kappa shape index (κ3) is 2.11. The van der Waals surface area contributed by atoms with Gasteiger partial charge >= 0.3 is 0 Å². The van der Waals surface area contributed by atoms with Crippen LogP contribution in [0.3, 0.4) is 0 Å². The molecular weight excluding hydrogens is 116 g/mol. The lowest BCUT2D eigenvalue weighted by molar-refractivity contribution is -0.106. The number of thiocarbonyl (C=S) groups is 2. The molecule has 0 amide bonds. The Hall–Kier alpha value is -0.150. The maximum absolute atomic E-state index is 9.86. The molecular formula is C3H2OS2. The zero-order valence-electron chi connectivity index (χ0n) is 2.88. The van der Waals surface area contributed by atoms with Gasteiger partial charge in [-0.05, 0) is 0 Å². The molecule has 0 aromatic heterocycles. The Kier molecular flexibility index (Phi) is 2.98. The maximum Gasteiger partial charge on any atom is 0.199 e. The largest absolute Gasteiger partial charge is 0.288 e. The smallest absolute Gasteiger partial charge is 0.199 e. The van der Waals surface area contributed by atoms with E-state index in [0.29, 0.717) is 0 Å². The fourth-order valence-electron chi connectivity index (χ4n) is 0.0278. The van der Waals surface area contributed by atoms with Crippen LogP contribution in [0.2, 0.25) is 0 Å². The Balaban J connectivity index is 3.52. The lowest BCUT2D eigenvalue weighted by Gasteiger charge is -1.64. The summed E-state index contributed by atoms with van der Waals surface area (Å²) in [6.45, 7) is 0. The second kappa shape index (κ2) is 3.06. The molecule has 0 fully saturated rings. The van der Waals surface area contributed by atoms with Crippen LogP contribution in [0.5, 0.6) is 0 Å². The average Bonchev–Trinajstić information content (AvgIpc) is 1.65. The molecule has 0 atom stereocenters. The summed E-state index contributed by atoms with van der Waals surface area (Å²) in [6, 6.07) is 0. The summed E-state index contributed by atoms with van der Waals surface area (Å²) < 4.78 is 0. The fourth-order valence-corrected chi connectivity index (χ4v) is 0.250. The van der Waals surface area contributed by atoms with Gasteiger partial charge < -0.3 is 0 Å². The number of carbonyl (C=O) groups excluding carboxylic acids is 1. The highest BCUT2D eigenvalue weighted by Gasteiger charge is 1.80. The predicted molar refractivity (Wildman–Crippen MR) is 32.3 cm³/mol. The molecule has 0 rings (SSSR count). The molecule has 0 aromatic rings. The van der Waals surface area contributed by atoms with E-state index in [-0.39, 0.29) is 5.78 Å². The summed E-state index contributed by atoms with van der Waals surface area (Å²) in [5.74, 6) is -0.278. The van der Waals surface area contributed by atoms with Gasteiger partial charge in [0.05, 0.1) is 0 Å². The monoisotopic (exact) mass is 118 g/mol. The van der Waals surface area contributed by atoms with E-state index in [1.54, 1.807) is 0 Å². The van der Waals surface area contributed by atoms with Gasteiger partial charge in [-0.25, -0.2) is 0 Å². The summed E-state index contributed by atoms with van der Waals surface area (Å²) >= 11 is 8.40. The summed E-state index contributed by atoms with van der Waals surface area (Å²) in [4.78, 5) is 9.86. The van der Waals surface area contributed by atoms with E-state index < -0.39 is 0 Å². The summed E-state index contributed by atoms with van der Waals surface area (Å²) in [6.07, 6.45) is 0. The van der Waals surface area contributed by atoms with E-state index in [9.17, 15) is 4.79 Å². The van der Waals surface area contributed by atoms with E-state index in [2.05, 4.69) is 24.4 Å². The molecule has 32 valence electrons. The third-order valence-corrected chi connectivity index (χ3v) is 0.697. The van der Waals surface area contributed by atoms with E-state index >= 15 is 0 Å². The van der Waals surface area contributed by atoms with Gasteiger partial charge in [0.1, 0.15) is 0 Å². The van der Waals surface area contributed by atoms with Crippen LogP contribution >= 0.6 is 24.4 Å². The van der Waals surface area contributed by atoms with Crippen LogP contribution in [-0.4, -0.2) is 16.5 Å². The first kappa shape index (κ1) is 5.85. The van der Waals surface area contributed by atoms with Gasteiger partial charge in [-0.1, -0.05) is 24.4 Å². The fraction of sp³-hybridized carbons (Fsp3) is 0. The van der Waals surface area contributed by atoms with Crippen molar-refractivity contribution in [2.45, 2.75) is 0 Å². The molecule has 0 unspecified atom stereocenters. The SMILES string of the molecule is O=C(C=S)C=S. The van der Waals surface area contributed by atoms with Gasteiger partial charge in [-0.2, -0.15) is 0 Å². The van der Waals surface area contributed by atoms with Gasteiger partial charge in [0, 0.05) is 10.7 Å². The van der Waals surface area contributed by atoms with Crippen LogP contribution in [-0.2, 0) is 4.79 Å². The van der Waals surface area contributed by atoms with Crippen LogP contribution in [0.4, 0.5) is 0 Å². The molecule has 0 aliphatic rings. The lowest BCUT2D eigenvalue weighted by Crippen LogP contribution is -1.93. The number of carbonyl (C=O) groups is 1. The van der Waals surface area contributed by atoms with Gasteiger partial charge in [0.25, 0.3) is 0 Å².